The van der Waals surface area contributed by atoms with Crippen LogP contribution < -0.4 is 14.9 Å². The van der Waals surface area contributed by atoms with Crippen LogP contribution in [0.25, 0.3) is 0 Å². The zero-order chi connectivity index (χ0) is 23.1. The number of esters is 1. The van der Waals surface area contributed by atoms with E-state index in [4.69, 9.17) is 21.1 Å². The number of amides is 1. The van der Waals surface area contributed by atoms with Crippen molar-refractivity contribution in [3.8, 4) is 11.5 Å². The van der Waals surface area contributed by atoms with Crippen LogP contribution in [0, 0.1) is 0 Å². The fourth-order valence-electron chi connectivity index (χ4n) is 2.44. The molecule has 6 nitrogen and oxygen atoms in total. The highest BCUT2D eigenvalue weighted by molar-refractivity contribution is 9.11. The minimum Gasteiger partial charge on any atom is -0.484 e. The van der Waals surface area contributed by atoms with Crippen molar-refractivity contribution in [3.63, 3.8) is 0 Å². The molecule has 1 amide bonds. The van der Waals surface area contributed by atoms with E-state index in [0.29, 0.717) is 26.4 Å². The third-order valence-corrected chi connectivity index (χ3v) is 5.66. The van der Waals surface area contributed by atoms with Crippen LogP contribution in [0.15, 0.2) is 79.2 Å². The van der Waals surface area contributed by atoms with Gasteiger partial charge < -0.3 is 9.47 Å². The number of hydrogen-bond acceptors (Lipinski definition) is 5. The second-order valence-corrected chi connectivity index (χ2v) is 9.36. The molecule has 0 aliphatic carbocycles. The summed E-state index contributed by atoms with van der Waals surface area (Å²) < 4.78 is 13.0. The summed E-state index contributed by atoms with van der Waals surface area (Å²) in [6.07, 6.45) is 1.37. The first-order chi connectivity index (χ1) is 15.3. The molecule has 0 heterocycles. The monoisotopic (exact) mass is 642 g/mol. The molecular weight excluding hydrogens is 631 g/mol. The summed E-state index contributed by atoms with van der Waals surface area (Å²) in [5, 5.41) is 4.51. The maximum atomic E-state index is 12.6. The molecule has 0 unspecified atom stereocenters. The molecule has 0 bridgehead atoms. The van der Waals surface area contributed by atoms with Gasteiger partial charge in [-0.15, -0.1) is 0 Å². The van der Waals surface area contributed by atoms with Crippen LogP contribution in [0.1, 0.15) is 15.9 Å². The quantitative estimate of drug-likeness (QED) is 0.140. The van der Waals surface area contributed by atoms with E-state index >= 15 is 0 Å². The summed E-state index contributed by atoms with van der Waals surface area (Å²) in [5.74, 6) is -0.234. The van der Waals surface area contributed by atoms with E-state index in [9.17, 15) is 9.59 Å². The molecule has 32 heavy (non-hydrogen) atoms. The van der Waals surface area contributed by atoms with Gasteiger partial charge in [0.2, 0.25) is 0 Å². The van der Waals surface area contributed by atoms with Crippen molar-refractivity contribution in [2.24, 2.45) is 5.10 Å². The van der Waals surface area contributed by atoms with E-state index in [2.05, 4.69) is 58.3 Å². The molecule has 0 saturated heterocycles. The molecule has 0 aromatic heterocycles. The smallest absolute Gasteiger partial charge is 0.343 e. The lowest BCUT2D eigenvalue weighted by Gasteiger charge is -2.11. The number of halogens is 4. The van der Waals surface area contributed by atoms with Crippen molar-refractivity contribution in [1.29, 1.82) is 0 Å². The van der Waals surface area contributed by atoms with Crippen molar-refractivity contribution in [2.45, 2.75) is 0 Å². The molecule has 10 heteroatoms. The number of hydrogen-bond donors (Lipinski definition) is 1. The topological polar surface area (TPSA) is 77.0 Å². The van der Waals surface area contributed by atoms with E-state index in [0.717, 1.165) is 8.95 Å². The van der Waals surface area contributed by atoms with Gasteiger partial charge in [0.15, 0.2) is 12.4 Å². The highest BCUT2D eigenvalue weighted by Crippen LogP contribution is 2.33. The molecule has 0 spiro atoms. The molecule has 0 radical (unpaired) electrons. The summed E-state index contributed by atoms with van der Waals surface area (Å²) in [4.78, 5) is 24.6. The molecule has 3 rings (SSSR count). The van der Waals surface area contributed by atoms with Gasteiger partial charge in [0, 0.05) is 19.5 Å². The standard InChI is InChI=1S/C22H14Br3ClN2O4/c23-15-3-1-2-13(8-15)22(30)32-21-14(9-16(24)10-19(21)25)11-27-28-20(29)12-31-18-6-4-17(26)5-7-18/h1-11H,12H2,(H,28,29)/b27-11+. The molecule has 3 aromatic carbocycles. The first-order valence-corrected chi connectivity index (χ1v) is 11.7. The lowest BCUT2D eigenvalue weighted by atomic mass is 10.2. The summed E-state index contributed by atoms with van der Waals surface area (Å²) >= 11 is 15.9. The van der Waals surface area contributed by atoms with Crippen LogP contribution in [-0.2, 0) is 4.79 Å². The predicted octanol–water partition coefficient (Wildman–Crippen LogP) is 6.38. The Morgan fingerprint density at radius 2 is 1.75 bits per heavy atom. The molecule has 0 fully saturated rings. The Kier molecular flexibility index (Phi) is 8.86. The summed E-state index contributed by atoms with van der Waals surface area (Å²) in [5.41, 5.74) is 3.22. The number of rotatable bonds is 7. The van der Waals surface area contributed by atoms with Crippen molar-refractivity contribution < 1.29 is 19.1 Å². The Bertz CT molecular complexity index is 1170. The Labute approximate surface area is 214 Å². The maximum absolute atomic E-state index is 12.6. The van der Waals surface area contributed by atoms with Crippen molar-refractivity contribution in [2.75, 3.05) is 6.61 Å². The van der Waals surface area contributed by atoms with Crippen LogP contribution >= 0.6 is 59.4 Å². The summed E-state index contributed by atoms with van der Waals surface area (Å²) in [7, 11) is 0. The molecule has 3 aromatic rings. The van der Waals surface area contributed by atoms with Crippen LogP contribution in [0.4, 0.5) is 0 Å². The number of hydrazone groups is 1. The minimum atomic E-state index is -0.538. The van der Waals surface area contributed by atoms with Crippen LogP contribution in [0.3, 0.4) is 0 Å². The lowest BCUT2D eigenvalue weighted by molar-refractivity contribution is -0.123. The second kappa shape index (κ2) is 11.6. The summed E-state index contributed by atoms with van der Waals surface area (Å²) in [6.45, 7) is -0.230. The lowest BCUT2D eigenvalue weighted by Crippen LogP contribution is -2.24. The minimum absolute atomic E-state index is 0.230. The number of benzene rings is 3. The number of nitrogens with zero attached hydrogens (tertiary/aromatic N) is 1. The molecular formula is C22H14Br3ClN2O4. The van der Waals surface area contributed by atoms with Crippen LogP contribution in [0.5, 0.6) is 11.5 Å². The van der Waals surface area contributed by atoms with Gasteiger partial charge in [-0.2, -0.15) is 5.10 Å². The van der Waals surface area contributed by atoms with Crippen LogP contribution in [0.2, 0.25) is 5.02 Å². The van der Waals surface area contributed by atoms with Gasteiger partial charge >= 0.3 is 5.97 Å². The van der Waals surface area contributed by atoms with Gasteiger partial charge in [0.05, 0.1) is 16.3 Å². The van der Waals surface area contributed by atoms with E-state index < -0.39 is 11.9 Å². The third-order valence-electron chi connectivity index (χ3n) is 3.87. The van der Waals surface area contributed by atoms with Gasteiger partial charge in [-0.05, 0) is 70.5 Å². The zero-order valence-corrected chi connectivity index (χ0v) is 21.7. The third kappa shape index (κ3) is 7.16. The fraction of sp³-hybridized carbons (Fsp3) is 0.0455. The SMILES string of the molecule is O=C(COc1ccc(Cl)cc1)N/N=C/c1cc(Br)cc(Br)c1OC(=O)c1cccc(Br)c1. The Morgan fingerprint density at radius 3 is 2.47 bits per heavy atom. The Balaban J connectivity index is 1.67. The van der Waals surface area contributed by atoms with E-state index in [1.165, 1.54) is 6.21 Å². The first kappa shape index (κ1) is 24.4. The normalized spacial score (nSPS) is 10.8. The van der Waals surface area contributed by atoms with E-state index in [-0.39, 0.29) is 12.4 Å². The molecule has 0 saturated carbocycles. The van der Waals surface area contributed by atoms with E-state index in [1.54, 1.807) is 54.6 Å². The summed E-state index contributed by atoms with van der Waals surface area (Å²) in [6, 6.07) is 16.9. The van der Waals surface area contributed by atoms with E-state index in [1.807, 2.05) is 6.07 Å². The maximum Gasteiger partial charge on any atom is 0.343 e. The predicted molar refractivity (Wildman–Crippen MR) is 134 cm³/mol. The van der Waals surface area contributed by atoms with Gasteiger partial charge in [-0.3, -0.25) is 4.79 Å². The fourth-order valence-corrected chi connectivity index (χ4v) is 4.30. The van der Waals surface area contributed by atoms with Gasteiger partial charge in [-0.1, -0.05) is 49.5 Å². The molecule has 0 atom stereocenters. The van der Waals surface area contributed by atoms with Crippen LogP contribution in [-0.4, -0.2) is 24.7 Å². The molecule has 164 valence electrons. The van der Waals surface area contributed by atoms with Gasteiger partial charge in [0.25, 0.3) is 5.91 Å². The Morgan fingerprint density at radius 1 is 1.00 bits per heavy atom. The molecule has 0 aliphatic heterocycles. The highest BCUT2D eigenvalue weighted by Gasteiger charge is 2.15. The van der Waals surface area contributed by atoms with Crippen molar-refractivity contribution in [1.82, 2.24) is 5.43 Å². The number of carbonyl (C=O) groups is 2. The molecule has 0 aliphatic rings. The number of ether oxygens (including phenoxy) is 2. The van der Waals surface area contributed by atoms with Crippen molar-refractivity contribution in [3.05, 3.63) is 90.2 Å². The van der Waals surface area contributed by atoms with Crippen molar-refractivity contribution >= 4 is 77.5 Å². The molecule has 1 N–H and O–H groups in total. The highest BCUT2D eigenvalue weighted by atomic mass is 79.9. The average molecular weight is 646 g/mol. The van der Waals surface area contributed by atoms with Gasteiger partial charge in [0.1, 0.15) is 5.75 Å². The zero-order valence-electron chi connectivity index (χ0n) is 16.2. The average Bonchev–Trinajstić information content (AvgIpc) is 2.75. The second-order valence-electron chi connectivity index (χ2n) is 6.24. The number of nitrogens with one attached hydrogen (secondary N) is 1. The Hall–Kier alpha value is -2.20. The van der Waals surface area contributed by atoms with Gasteiger partial charge in [-0.25, -0.2) is 10.2 Å². The largest absolute Gasteiger partial charge is 0.484 e. The number of carbonyl (C=O) groups excluding carboxylic acids is 2. The first-order valence-electron chi connectivity index (χ1n) is 8.99.